The molecule has 0 radical (unpaired) electrons. The van der Waals surface area contributed by atoms with Gasteiger partial charge in [-0.1, -0.05) is 24.3 Å². The molecule has 2 heterocycles. The Kier molecular flexibility index (Phi) is 18.1. The maximum absolute atomic E-state index is 13.8. The van der Waals surface area contributed by atoms with Crippen LogP contribution < -0.4 is 37.6 Å². The molecular formula is C56H68N6O21. The number of nitrogens with zero attached hydrogens (tertiary/aromatic N) is 1. The zero-order valence-electron chi connectivity index (χ0n) is 46.0. The Hall–Kier alpha value is -7.06. The molecule has 0 spiro atoms. The maximum Gasteiger partial charge on any atom is 0.202 e. The molecule has 2 aliphatic heterocycles. The third kappa shape index (κ3) is 10.8. The van der Waals surface area contributed by atoms with Crippen molar-refractivity contribution < 1.29 is 103 Å². The first-order valence-electron chi connectivity index (χ1n) is 26.4. The number of nitrogens with one attached hydrogen (secondary N) is 2. The second kappa shape index (κ2) is 24.3. The Morgan fingerprint density at radius 2 is 1.02 bits per heavy atom. The van der Waals surface area contributed by atoms with Gasteiger partial charge in [0.05, 0.1) is 96.5 Å². The number of carbonyl (C=O) groups is 5. The molecule has 2 saturated heterocycles. The highest BCUT2D eigenvalue weighted by Crippen LogP contribution is 2.55. The topological polar surface area (TPSA) is 458 Å². The molecule has 27 nitrogen and oxygen atoms in total. The molecule has 83 heavy (non-hydrogen) atoms. The van der Waals surface area contributed by atoms with Crippen LogP contribution in [0.25, 0.3) is 0 Å². The molecule has 4 aliphatic carbocycles. The summed E-state index contributed by atoms with van der Waals surface area (Å²) in [5.74, 6) is -1.71. The number of hydrazine groups is 1. The number of methoxy groups -OCH3 is 2. The fourth-order valence-electron chi connectivity index (χ4n) is 11.8. The van der Waals surface area contributed by atoms with Crippen molar-refractivity contribution in [3.05, 3.63) is 103 Å². The van der Waals surface area contributed by atoms with E-state index in [9.17, 15) is 75.0 Å². The van der Waals surface area contributed by atoms with Gasteiger partial charge in [-0.3, -0.25) is 35.2 Å². The SMILES string of the molecule is CN/N=C(\CO)[C@]1(O)Cc2c(O)c3c(c(O)c2C(OC2CC(N)C(O)C(C)O2)C1)C(=O)c1c(OC)cccc1C3=O.CNN.COc1cccc2c1C(=O)c1c(O)c3c(c(O)c1C2=O)C[C@@](O)(C(=O)CO)CC3OC1CC(N)C(O)C(C)O1. The molecule has 10 rings (SSSR count). The van der Waals surface area contributed by atoms with Gasteiger partial charge in [0.1, 0.15) is 52.3 Å². The van der Waals surface area contributed by atoms with E-state index in [4.69, 9.17) is 39.9 Å². The van der Waals surface area contributed by atoms with Crippen molar-refractivity contribution in [1.82, 2.24) is 10.9 Å². The number of ketones is 5. The number of phenolic OH excluding ortho intramolecular Hbond substituents is 4. The summed E-state index contributed by atoms with van der Waals surface area (Å²) in [6.45, 7) is 1.52. The van der Waals surface area contributed by atoms with Crippen LogP contribution in [0.1, 0.15) is 138 Å². The van der Waals surface area contributed by atoms with Gasteiger partial charge in [-0.2, -0.15) is 5.10 Å². The standard InChI is InChI=1S/C28H33N3O10.C27H29NO11.CH6N2/c1-11-23(33)14(29)7-18(40-11)41-16-9-28(38,17(10-32)31-30-2)8-13-20(16)27(37)22-21(25(13)35)24(34)12-5-4-6-15(39-3)19(12)26(22)36;1-10-22(31)13(28)6-17(38-10)39-15-8-27(36,16(30)9-29)7-12-19(15)26(35)21-20(24(12)33)23(32)11-4-3-5-14(37-2)18(11)25(21)34;1-3-2/h4-6,11,14,16,18,23,30,32-33,35,37-38H,7-10,29H2,1-3H3;3-5,10,13,15,17,22,29,31,33,35-36H,6-9,28H2,1-2H3;3H,2H2,1H3/b31-17+;;/t11?,14?,16?,18?,23?,28-;10?,13?,15?,17?,22?,27-;/m00./s1. The molecular weight excluding hydrogens is 1090 g/mol. The van der Waals surface area contributed by atoms with Crippen LogP contribution in [0.2, 0.25) is 0 Å². The third-order valence-corrected chi connectivity index (χ3v) is 15.9. The third-order valence-electron chi connectivity index (χ3n) is 15.9. The summed E-state index contributed by atoms with van der Waals surface area (Å²) in [6.07, 6.45) is -9.58. The molecule has 12 atom stereocenters. The van der Waals surface area contributed by atoms with Crippen LogP contribution in [0.5, 0.6) is 34.5 Å². The lowest BCUT2D eigenvalue weighted by Gasteiger charge is -2.43. The van der Waals surface area contributed by atoms with Crippen LogP contribution in [-0.4, -0.2) is 188 Å². The molecule has 0 saturated carbocycles. The van der Waals surface area contributed by atoms with E-state index in [0.29, 0.717) is 0 Å². The summed E-state index contributed by atoms with van der Waals surface area (Å²) in [6, 6.07) is 7.39. The Labute approximate surface area is 474 Å². The number of hydrogen-bond acceptors (Lipinski definition) is 27. The molecule has 0 bridgehead atoms. The van der Waals surface area contributed by atoms with Gasteiger partial charge in [-0.15, -0.1) is 0 Å². The zero-order valence-corrected chi connectivity index (χ0v) is 46.0. The lowest BCUT2D eigenvalue weighted by atomic mass is 9.71. The van der Waals surface area contributed by atoms with E-state index in [1.807, 2.05) is 0 Å². The highest BCUT2D eigenvalue weighted by atomic mass is 16.7. The molecule has 4 aromatic carbocycles. The predicted octanol–water partition coefficient (Wildman–Crippen LogP) is -0.912. The largest absolute Gasteiger partial charge is 0.507 e. The summed E-state index contributed by atoms with van der Waals surface area (Å²) in [7, 11) is 5.79. The molecule has 448 valence electrons. The number of nitrogens with two attached hydrogens (primary N) is 3. The minimum atomic E-state index is -2.24. The zero-order chi connectivity index (χ0) is 60.9. The Balaban J connectivity index is 0.000000207. The number of hydrazone groups is 1. The number of Topliss-reactive ketones (excluding diaryl/α,β-unsaturated/α-hetero) is 1. The second-order valence-corrected chi connectivity index (χ2v) is 21.0. The Bertz CT molecular complexity index is 3260. The second-order valence-electron chi connectivity index (χ2n) is 21.0. The number of carbonyl (C=O) groups excluding carboxylic acids is 5. The van der Waals surface area contributed by atoms with Crippen molar-refractivity contribution in [2.45, 2.75) is 125 Å². The summed E-state index contributed by atoms with van der Waals surface area (Å²) >= 11 is 0. The highest BCUT2D eigenvalue weighted by molar-refractivity contribution is 6.32. The molecule has 18 N–H and O–H groups in total. The number of benzene rings is 4. The van der Waals surface area contributed by atoms with Gasteiger partial charge < -0.3 is 96.4 Å². The Morgan fingerprint density at radius 1 is 0.639 bits per heavy atom. The monoisotopic (exact) mass is 1160 g/mol. The summed E-state index contributed by atoms with van der Waals surface area (Å²) < 4.78 is 34.3. The minimum absolute atomic E-state index is 0.0136. The molecule has 27 heteroatoms. The normalized spacial score (nSPS) is 28.8. The first kappa shape index (κ1) is 62.0. The van der Waals surface area contributed by atoms with Gasteiger partial charge in [-0.25, -0.2) is 0 Å². The number of aliphatic hydroxyl groups excluding tert-OH is 4. The number of phenols is 4. The van der Waals surface area contributed by atoms with Crippen molar-refractivity contribution in [1.29, 1.82) is 0 Å². The van der Waals surface area contributed by atoms with Crippen molar-refractivity contribution in [2.24, 2.45) is 22.4 Å². The lowest BCUT2D eigenvalue weighted by molar-refractivity contribution is -0.247. The Morgan fingerprint density at radius 3 is 1.39 bits per heavy atom. The van der Waals surface area contributed by atoms with Gasteiger partial charge in [-0.05, 0) is 33.0 Å². The average Bonchev–Trinajstić information content (AvgIpc) is 0.950. The quantitative estimate of drug-likeness (QED) is 0.0323. The number of hydrogen-bond donors (Lipinski definition) is 15. The average molecular weight is 1160 g/mol. The van der Waals surface area contributed by atoms with E-state index in [2.05, 4.69) is 21.8 Å². The lowest BCUT2D eigenvalue weighted by Crippen LogP contribution is -2.53. The molecule has 0 aromatic heterocycles. The van der Waals surface area contributed by atoms with Crippen molar-refractivity contribution in [3.63, 3.8) is 0 Å². The van der Waals surface area contributed by atoms with E-state index >= 15 is 0 Å². The van der Waals surface area contributed by atoms with Gasteiger partial charge in [0.15, 0.2) is 29.9 Å². The van der Waals surface area contributed by atoms with Crippen molar-refractivity contribution in [3.8, 4) is 34.5 Å². The van der Waals surface area contributed by atoms with Gasteiger partial charge in [0.2, 0.25) is 11.6 Å². The summed E-state index contributed by atoms with van der Waals surface area (Å²) in [5.41, 5.74) is 10.2. The van der Waals surface area contributed by atoms with Crippen LogP contribution in [-0.2, 0) is 36.6 Å². The summed E-state index contributed by atoms with van der Waals surface area (Å²) in [5, 5.41) is 113. The van der Waals surface area contributed by atoms with Crippen molar-refractivity contribution in [2.75, 3.05) is 41.5 Å². The predicted molar refractivity (Wildman–Crippen MR) is 288 cm³/mol. The summed E-state index contributed by atoms with van der Waals surface area (Å²) in [4.78, 5) is 67.1. The van der Waals surface area contributed by atoms with Crippen LogP contribution in [0.3, 0.4) is 0 Å². The van der Waals surface area contributed by atoms with E-state index in [0.717, 1.165) is 0 Å². The van der Waals surface area contributed by atoms with E-state index in [1.54, 1.807) is 20.9 Å². The maximum atomic E-state index is 13.8. The van der Waals surface area contributed by atoms with Crippen LogP contribution in [0.15, 0.2) is 41.5 Å². The van der Waals surface area contributed by atoms with Gasteiger partial charge >= 0.3 is 0 Å². The van der Waals surface area contributed by atoms with E-state index in [1.165, 1.54) is 57.7 Å². The fraction of sp³-hybridized carbons (Fsp3) is 0.464. The van der Waals surface area contributed by atoms with E-state index < -0.39 is 173 Å². The molecule has 2 fully saturated rings. The number of aromatic hydroxyl groups is 4. The minimum Gasteiger partial charge on any atom is -0.507 e. The molecule has 4 aromatic rings. The first-order valence-corrected chi connectivity index (χ1v) is 26.4. The fourth-order valence-corrected chi connectivity index (χ4v) is 11.8. The van der Waals surface area contributed by atoms with Crippen molar-refractivity contribution >= 4 is 34.6 Å². The van der Waals surface area contributed by atoms with Gasteiger partial charge in [0.25, 0.3) is 0 Å². The van der Waals surface area contributed by atoms with Crippen LogP contribution in [0.4, 0.5) is 0 Å². The van der Waals surface area contributed by atoms with Crippen LogP contribution >= 0.6 is 0 Å². The van der Waals surface area contributed by atoms with E-state index in [-0.39, 0.29) is 87.4 Å². The van der Waals surface area contributed by atoms with Crippen LogP contribution in [0, 0.1) is 0 Å². The molecule has 10 unspecified atom stereocenters. The number of ether oxygens (including phenoxy) is 6. The molecule has 0 amide bonds. The number of rotatable bonds is 11. The van der Waals surface area contributed by atoms with Gasteiger partial charge in [0, 0.05) is 91.0 Å². The number of aliphatic hydroxyl groups is 6. The number of fused-ring (bicyclic) bond motifs is 6. The smallest absolute Gasteiger partial charge is 0.202 e. The molecule has 6 aliphatic rings. The highest BCUT2D eigenvalue weighted by Gasteiger charge is 2.52. The first-order chi connectivity index (χ1) is 39.3.